The van der Waals surface area contributed by atoms with Crippen molar-refractivity contribution in [2.75, 3.05) is 13.2 Å². The van der Waals surface area contributed by atoms with Crippen LogP contribution >= 0.6 is 11.6 Å². The van der Waals surface area contributed by atoms with Gasteiger partial charge in [0.05, 0.1) is 18.8 Å². The van der Waals surface area contributed by atoms with Crippen LogP contribution in [-0.2, 0) is 0 Å². The van der Waals surface area contributed by atoms with Crippen LogP contribution in [0.3, 0.4) is 0 Å². The van der Waals surface area contributed by atoms with Crippen LogP contribution in [0.25, 0.3) is 6.08 Å². The van der Waals surface area contributed by atoms with Gasteiger partial charge in [-0.15, -0.1) is 0 Å². The number of ether oxygens (including phenoxy) is 2. The van der Waals surface area contributed by atoms with Crippen molar-refractivity contribution in [3.8, 4) is 17.2 Å². The maximum Gasteiger partial charge on any atom is 0.189 e. The Morgan fingerprint density at radius 1 is 1.09 bits per heavy atom. The Balaban J connectivity index is 1.79. The number of rotatable bonds is 3. The average Bonchev–Trinajstić information content (AvgIpc) is 2.77. The number of phenols is 1. The summed E-state index contributed by atoms with van der Waals surface area (Å²) in [5.41, 5.74) is 1.02. The third-order valence-electron chi connectivity index (χ3n) is 3.42. The number of hydrogen-bond acceptors (Lipinski definition) is 4. The molecule has 0 aromatic heterocycles. The lowest BCUT2D eigenvalue weighted by molar-refractivity contribution is 0.104. The molecule has 2 aromatic rings. The molecule has 1 aliphatic rings. The summed E-state index contributed by atoms with van der Waals surface area (Å²) in [5.74, 6) is 0.949. The van der Waals surface area contributed by atoms with Crippen LogP contribution < -0.4 is 9.47 Å². The molecule has 1 N–H and O–H groups in total. The van der Waals surface area contributed by atoms with E-state index in [0.29, 0.717) is 29.7 Å². The quantitative estimate of drug-likeness (QED) is 0.680. The summed E-state index contributed by atoms with van der Waals surface area (Å²) in [6.07, 6.45) is 3.92. The van der Waals surface area contributed by atoms with Gasteiger partial charge in [0.2, 0.25) is 0 Å². The molecule has 4 nitrogen and oxygen atoms in total. The van der Waals surface area contributed by atoms with Crippen molar-refractivity contribution in [3.05, 3.63) is 58.6 Å². The Kier molecular flexibility index (Phi) is 4.53. The maximum absolute atomic E-state index is 12.1. The van der Waals surface area contributed by atoms with Crippen LogP contribution in [-0.4, -0.2) is 24.1 Å². The Labute approximate surface area is 138 Å². The van der Waals surface area contributed by atoms with E-state index < -0.39 is 0 Å². The van der Waals surface area contributed by atoms with Crippen LogP contribution in [0, 0.1) is 0 Å². The van der Waals surface area contributed by atoms with Gasteiger partial charge in [0, 0.05) is 11.4 Å². The summed E-state index contributed by atoms with van der Waals surface area (Å²) in [7, 11) is 0. The first-order valence-electron chi connectivity index (χ1n) is 7.24. The number of halogens is 1. The van der Waals surface area contributed by atoms with Gasteiger partial charge in [-0.05, 0) is 42.0 Å². The maximum atomic E-state index is 12.1. The first-order valence-corrected chi connectivity index (χ1v) is 7.62. The highest BCUT2D eigenvalue weighted by Gasteiger charge is 2.11. The summed E-state index contributed by atoms with van der Waals surface area (Å²) in [6.45, 7) is 1.24. The van der Waals surface area contributed by atoms with Crippen molar-refractivity contribution >= 4 is 23.5 Å². The second-order valence-electron chi connectivity index (χ2n) is 5.12. The molecule has 1 aliphatic heterocycles. The second-order valence-corrected chi connectivity index (χ2v) is 5.55. The SMILES string of the molecule is O=C(C=Cc1ccc2c(c1)OCCCO2)c1ccc(Cl)cc1O. The number of aromatic hydroxyl groups is 1. The molecular weight excluding hydrogens is 316 g/mol. The fraction of sp³-hybridized carbons (Fsp3) is 0.167. The minimum absolute atomic E-state index is 0.134. The van der Waals surface area contributed by atoms with Crippen molar-refractivity contribution in [2.45, 2.75) is 6.42 Å². The van der Waals surface area contributed by atoms with Crippen LogP contribution in [0.4, 0.5) is 0 Å². The lowest BCUT2D eigenvalue weighted by atomic mass is 10.1. The summed E-state index contributed by atoms with van der Waals surface area (Å²) in [4.78, 5) is 12.1. The van der Waals surface area contributed by atoms with E-state index in [0.717, 1.165) is 12.0 Å². The van der Waals surface area contributed by atoms with Crippen molar-refractivity contribution in [1.82, 2.24) is 0 Å². The minimum atomic E-state index is -0.300. The molecule has 2 aromatic carbocycles. The monoisotopic (exact) mass is 330 g/mol. The number of allylic oxidation sites excluding steroid dienone is 1. The first kappa shape index (κ1) is 15.4. The number of carbonyl (C=O) groups is 1. The molecule has 0 saturated heterocycles. The van der Waals surface area contributed by atoms with E-state index in [1.54, 1.807) is 12.1 Å². The predicted molar refractivity (Wildman–Crippen MR) is 88.5 cm³/mol. The van der Waals surface area contributed by atoms with E-state index in [1.165, 1.54) is 18.2 Å². The van der Waals surface area contributed by atoms with Gasteiger partial charge in [0.15, 0.2) is 17.3 Å². The number of fused-ring (bicyclic) bond motifs is 1. The third kappa shape index (κ3) is 3.66. The number of benzene rings is 2. The van der Waals surface area contributed by atoms with E-state index in [-0.39, 0.29) is 17.1 Å². The average molecular weight is 331 g/mol. The van der Waals surface area contributed by atoms with E-state index in [4.69, 9.17) is 21.1 Å². The van der Waals surface area contributed by atoms with Crippen LogP contribution in [0.2, 0.25) is 5.02 Å². The number of ketones is 1. The summed E-state index contributed by atoms with van der Waals surface area (Å²) < 4.78 is 11.2. The van der Waals surface area contributed by atoms with E-state index in [1.807, 2.05) is 18.2 Å². The van der Waals surface area contributed by atoms with Gasteiger partial charge < -0.3 is 14.6 Å². The molecule has 0 spiro atoms. The van der Waals surface area contributed by atoms with Gasteiger partial charge in [-0.25, -0.2) is 0 Å². The highest BCUT2D eigenvalue weighted by molar-refractivity contribution is 6.31. The van der Waals surface area contributed by atoms with Gasteiger partial charge >= 0.3 is 0 Å². The molecule has 0 radical (unpaired) electrons. The molecule has 0 atom stereocenters. The Hall–Kier alpha value is -2.46. The predicted octanol–water partition coefficient (Wildman–Crippen LogP) is 4.10. The lowest BCUT2D eigenvalue weighted by Crippen LogP contribution is -1.97. The highest BCUT2D eigenvalue weighted by atomic mass is 35.5. The van der Waals surface area contributed by atoms with Gasteiger partial charge in [0.1, 0.15) is 5.75 Å². The van der Waals surface area contributed by atoms with Crippen molar-refractivity contribution < 1.29 is 19.4 Å². The smallest absolute Gasteiger partial charge is 0.189 e. The number of carbonyl (C=O) groups excluding carboxylic acids is 1. The molecule has 1 heterocycles. The van der Waals surface area contributed by atoms with Crippen molar-refractivity contribution in [3.63, 3.8) is 0 Å². The third-order valence-corrected chi connectivity index (χ3v) is 3.66. The lowest BCUT2D eigenvalue weighted by Gasteiger charge is -2.07. The zero-order chi connectivity index (χ0) is 16.2. The molecule has 118 valence electrons. The molecule has 5 heteroatoms. The van der Waals surface area contributed by atoms with E-state index in [9.17, 15) is 9.90 Å². The molecular formula is C18H15ClO4. The molecule has 0 unspecified atom stereocenters. The summed E-state index contributed by atoms with van der Waals surface area (Å²) >= 11 is 5.76. The molecule has 0 aliphatic carbocycles. The minimum Gasteiger partial charge on any atom is -0.507 e. The molecule has 23 heavy (non-hydrogen) atoms. The van der Waals surface area contributed by atoms with Gasteiger partial charge in [-0.1, -0.05) is 23.7 Å². The topological polar surface area (TPSA) is 55.8 Å². The van der Waals surface area contributed by atoms with Gasteiger partial charge in [-0.3, -0.25) is 4.79 Å². The largest absolute Gasteiger partial charge is 0.507 e. The van der Waals surface area contributed by atoms with E-state index >= 15 is 0 Å². The molecule has 3 rings (SSSR count). The van der Waals surface area contributed by atoms with Gasteiger partial charge in [0.25, 0.3) is 0 Å². The standard InChI is InChI=1S/C18H15ClO4/c19-13-4-5-14(16(21)11-13)15(20)6-2-12-3-7-17-18(10-12)23-9-1-8-22-17/h2-7,10-11,21H,1,8-9H2. The Morgan fingerprint density at radius 2 is 1.87 bits per heavy atom. The summed E-state index contributed by atoms with van der Waals surface area (Å²) in [5, 5.41) is 10.2. The Bertz CT molecular complexity index is 768. The molecule has 0 bridgehead atoms. The molecule has 0 fully saturated rings. The van der Waals surface area contributed by atoms with E-state index in [2.05, 4.69) is 0 Å². The first-order chi connectivity index (χ1) is 11.1. The van der Waals surface area contributed by atoms with Crippen LogP contribution in [0.5, 0.6) is 17.2 Å². The molecule has 0 saturated carbocycles. The van der Waals surface area contributed by atoms with Gasteiger partial charge in [-0.2, -0.15) is 0 Å². The zero-order valence-corrected chi connectivity index (χ0v) is 13.0. The highest BCUT2D eigenvalue weighted by Crippen LogP contribution is 2.31. The number of phenolic OH excluding ortho intramolecular Hbond substituents is 1. The fourth-order valence-electron chi connectivity index (χ4n) is 2.26. The Morgan fingerprint density at radius 3 is 2.65 bits per heavy atom. The molecule has 0 amide bonds. The second kappa shape index (κ2) is 6.75. The summed E-state index contributed by atoms with van der Waals surface area (Å²) in [6, 6.07) is 9.90. The fourth-order valence-corrected chi connectivity index (χ4v) is 2.42. The number of hydrogen-bond donors (Lipinski definition) is 1. The van der Waals surface area contributed by atoms with Crippen molar-refractivity contribution in [1.29, 1.82) is 0 Å². The van der Waals surface area contributed by atoms with Crippen molar-refractivity contribution in [2.24, 2.45) is 0 Å². The zero-order valence-electron chi connectivity index (χ0n) is 12.3. The van der Waals surface area contributed by atoms with Crippen LogP contribution in [0.1, 0.15) is 22.3 Å². The van der Waals surface area contributed by atoms with Crippen LogP contribution in [0.15, 0.2) is 42.5 Å². The normalized spacial score (nSPS) is 13.8.